The van der Waals surface area contributed by atoms with Crippen molar-refractivity contribution in [3.63, 3.8) is 0 Å². The summed E-state index contributed by atoms with van der Waals surface area (Å²) in [6.07, 6.45) is 6.06. The van der Waals surface area contributed by atoms with Crippen molar-refractivity contribution in [1.29, 1.82) is 0 Å². The Kier molecular flexibility index (Phi) is 5.48. The van der Waals surface area contributed by atoms with Crippen LogP contribution in [0.2, 0.25) is 0 Å². The highest BCUT2D eigenvalue weighted by atomic mass is 16.2. The fourth-order valence-corrected chi connectivity index (χ4v) is 3.75. The van der Waals surface area contributed by atoms with Gasteiger partial charge in [-0.15, -0.1) is 10.2 Å². The van der Waals surface area contributed by atoms with Gasteiger partial charge in [0.2, 0.25) is 5.91 Å². The topological polar surface area (TPSA) is 115 Å². The average molecular weight is 427 g/mol. The number of carbonyl (C=O) groups is 1. The molecule has 0 saturated carbocycles. The summed E-state index contributed by atoms with van der Waals surface area (Å²) in [6.45, 7) is 1.42. The molecule has 1 N–H and O–H groups in total. The fourth-order valence-electron chi connectivity index (χ4n) is 3.75. The van der Waals surface area contributed by atoms with Gasteiger partial charge in [0.05, 0.1) is 11.6 Å². The first-order valence-corrected chi connectivity index (χ1v) is 10.4. The van der Waals surface area contributed by atoms with E-state index in [1.807, 2.05) is 42.5 Å². The maximum Gasteiger partial charge on any atom is 0.230 e. The summed E-state index contributed by atoms with van der Waals surface area (Å²) >= 11 is 0. The molecule has 0 spiro atoms. The first-order valence-electron chi connectivity index (χ1n) is 10.4. The molecular weight excluding hydrogens is 406 g/mol. The van der Waals surface area contributed by atoms with Gasteiger partial charge in [-0.05, 0) is 25.0 Å². The standard InChI is InChI=1S/C22H21N9O/c32-22(27-19-11-21(25-14-24-19)31-15-23-13-26-31)17-7-4-10-30(12-17)20-9-8-18(28-29-20)16-5-2-1-3-6-16/h1-3,5-6,8-9,11,13-15,17H,4,7,10,12H2,(H,24,25,27,32)/t17-/m1/s1. The minimum atomic E-state index is -0.177. The molecule has 0 radical (unpaired) electrons. The molecule has 1 aliphatic rings. The van der Waals surface area contributed by atoms with Crippen LogP contribution in [0.25, 0.3) is 17.1 Å². The van der Waals surface area contributed by atoms with Crippen LogP contribution in [0.5, 0.6) is 0 Å². The summed E-state index contributed by atoms with van der Waals surface area (Å²) in [7, 11) is 0. The maximum atomic E-state index is 12.9. The molecule has 0 unspecified atom stereocenters. The second kappa shape index (κ2) is 8.88. The Balaban J connectivity index is 1.25. The SMILES string of the molecule is O=C(Nc1cc(-n2cncn2)ncn1)[C@@H]1CCCN(c2ccc(-c3ccccc3)nn2)C1. The largest absolute Gasteiger partial charge is 0.354 e. The van der Waals surface area contributed by atoms with Crippen molar-refractivity contribution in [3.8, 4) is 17.1 Å². The van der Waals surface area contributed by atoms with Gasteiger partial charge < -0.3 is 10.2 Å². The predicted octanol–water partition coefficient (Wildman–Crippen LogP) is 2.37. The zero-order valence-corrected chi connectivity index (χ0v) is 17.2. The number of aromatic nitrogens is 7. The van der Waals surface area contributed by atoms with Crippen molar-refractivity contribution < 1.29 is 4.79 Å². The number of anilines is 2. The van der Waals surface area contributed by atoms with Crippen LogP contribution in [0.1, 0.15) is 12.8 Å². The minimum absolute atomic E-state index is 0.0770. The van der Waals surface area contributed by atoms with E-state index >= 15 is 0 Å². The van der Waals surface area contributed by atoms with Crippen LogP contribution in [0.15, 0.2) is 67.5 Å². The summed E-state index contributed by atoms with van der Waals surface area (Å²) in [5.41, 5.74) is 1.85. The zero-order valence-electron chi connectivity index (χ0n) is 17.2. The third kappa shape index (κ3) is 4.29. The van der Waals surface area contributed by atoms with Gasteiger partial charge in [-0.25, -0.2) is 19.6 Å². The second-order valence-electron chi connectivity index (χ2n) is 7.52. The Hall–Kier alpha value is -4.21. The molecule has 4 aromatic rings. The molecule has 10 nitrogen and oxygen atoms in total. The molecule has 3 aromatic heterocycles. The molecule has 32 heavy (non-hydrogen) atoms. The van der Waals surface area contributed by atoms with Gasteiger partial charge in [0, 0.05) is 24.7 Å². The summed E-state index contributed by atoms with van der Waals surface area (Å²) in [5.74, 6) is 1.49. The summed E-state index contributed by atoms with van der Waals surface area (Å²) in [6, 6.07) is 15.5. The predicted molar refractivity (Wildman–Crippen MR) is 118 cm³/mol. The van der Waals surface area contributed by atoms with Gasteiger partial charge in [0.15, 0.2) is 11.6 Å². The molecule has 0 aliphatic carbocycles. The molecule has 5 rings (SSSR count). The summed E-state index contributed by atoms with van der Waals surface area (Å²) < 4.78 is 1.51. The highest BCUT2D eigenvalue weighted by molar-refractivity contribution is 5.92. The molecule has 1 saturated heterocycles. The third-order valence-corrected chi connectivity index (χ3v) is 5.39. The molecule has 1 atom stereocenters. The van der Waals surface area contributed by atoms with Crippen molar-refractivity contribution in [3.05, 3.63) is 67.5 Å². The van der Waals surface area contributed by atoms with E-state index in [-0.39, 0.29) is 11.8 Å². The molecule has 160 valence electrons. The minimum Gasteiger partial charge on any atom is -0.354 e. The molecule has 10 heteroatoms. The van der Waals surface area contributed by atoms with Crippen molar-refractivity contribution in [2.24, 2.45) is 5.92 Å². The van der Waals surface area contributed by atoms with Crippen LogP contribution in [-0.4, -0.2) is 53.9 Å². The fraction of sp³-hybridized carbons (Fsp3) is 0.227. The Morgan fingerprint density at radius 3 is 2.69 bits per heavy atom. The molecular formula is C22H21N9O. The van der Waals surface area contributed by atoms with E-state index in [2.05, 4.69) is 40.5 Å². The number of benzene rings is 1. The lowest BCUT2D eigenvalue weighted by Gasteiger charge is -2.32. The monoisotopic (exact) mass is 427 g/mol. The number of amides is 1. The van der Waals surface area contributed by atoms with Gasteiger partial charge in [-0.3, -0.25) is 4.79 Å². The Bertz CT molecular complexity index is 1180. The number of nitrogens with zero attached hydrogens (tertiary/aromatic N) is 8. The highest BCUT2D eigenvalue weighted by Gasteiger charge is 2.27. The summed E-state index contributed by atoms with van der Waals surface area (Å²) in [5, 5.41) is 15.7. The van der Waals surface area contributed by atoms with Crippen molar-refractivity contribution in [1.82, 2.24) is 34.9 Å². The lowest BCUT2D eigenvalue weighted by Crippen LogP contribution is -2.41. The van der Waals surface area contributed by atoms with Crippen LogP contribution < -0.4 is 10.2 Å². The third-order valence-electron chi connectivity index (χ3n) is 5.39. The molecule has 1 fully saturated rings. The lowest BCUT2D eigenvalue weighted by atomic mass is 9.97. The van der Waals surface area contributed by atoms with Gasteiger partial charge in [-0.2, -0.15) is 5.10 Å². The van der Waals surface area contributed by atoms with Crippen LogP contribution in [-0.2, 0) is 4.79 Å². The first kappa shape index (κ1) is 19.7. The lowest BCUT2D eigenvalue weighted by molar-refractivity contribution is -0.120. The van der Waals surface area contributed by atoms with Gasteiger partial charge in [0.25, 0.3) is 0 Å². The van der Waals surface area contributed by atoms with E-state index in [1.165, 1.54) is 23.7 Å². The van der Waals surface area contributed by atoms with E-state index in [9.17, 15) is 4.79 Å². The molecule has 1 aliphatic heterocycles. The summed E-state index contributed by atoms with van der Waals surface area (Å²) in [4.78, 5) is 27.2. The smallest absolute Gasteiger partial charge is 0.230 e. The molecule has 1 amide bonds. The molecule has 0 bridgehead atoms. The number of rotatable bonds is 5. The van der Waals surface area contributed by atoms with Gasteiger partial charge >= 0.3 is 0 Å². The van der Waals surface area contributed by atoms with Crippen LogP contribution in [0.3, 0.4) is 0 Å². The van der Waals surface area contributed by atoms with Crippen LogP contribution >= 0.6 is 0 Å². The second-order valence-corrected chi connectivity index (χ2v) is 7.52. The maximum absolute atomic E-state index is 12.9. The van der Waals surface area contributed by atoms with E-state index in [0.717, 1.165) is 36.5 Å². The highest BCUT2D eigenvalue weighted by Crippen LogP contribution is 2.24. The number of piperidine rings is 1. The van der Waals surface area contributed by atoms with E-state index in [0.29, 0.717) is 18.2 Å². The van der Waals surface area contributed by atoms with Crippen LogP contribution in [0, 0.1) is 5.92 Å². The average Bonchev–Trinajstić information content (AvgIpc) is 3.40. The van der Waals surface area contributed by atoms with E-state index < -0.39 is 0 Å². The number of hydrogen-bond donors (Lipinski definition) is 1. The number of carbonyl (C=O) groups excluding carboxylic acids is 1. The Labute approximate surface area is 184 Å². The number of hydrogen-bond acceptors (Lipinski definition) is 8. The molecule has 1 aromatic carbocycles. The number of nitrogens with one attached hydrogen (secondary N) is 1. The normalized spacial score (nSPS) is 16.0. The zero-order chi connectivity index (χ0) is 21.8. The van der Waals surface area contributed by atoms with Crippen molar-refractivity contribution >= 4 is 17.5 Å². The first-order chi connectivity index (χ1) is 15.8. The van der Waals surface area contributed by atoms with Crippen molar-refractivity contribution in [2.75, 3.05) is 23.3 Å². The van der Waals surface area contributed by atoms with Crippen molar-refractivity contribution in [2.45, 2.75) is 12.8 Å². The van der Waals surface area contributed by atoms with E-state index in [4.69, 9.17) is 0 Å². The Morgan fingerprint density at radius 1 is 1.00 bits per heavy atom. The quantitative estimate of drug-likeness (QED) is 0.516. The Morgan fingerprint density at radius 2 is 1.91 bits per heavy atom. The van der Waals surface area contributed by atoms with Gasteiger partial charge in [0.1, 0.15) is 24.8 Å². The van der Waals surface area contributed by atoms with E-state index in [1.54, 1.807) is 6.07 Å². The molecule has 4 heterocycles. The van der Waals surface area contributed by atoms with Crippen LogP contribution in [0.4, 0.5) is 11.6 Å². The van der Waals surface area contributed by atoms with Gasteiger partial charge in [-0.1, -0.05) is 30.3 Å².